The Balaban J connectivity index is 2.43. The highest BCUT2D eigenvalue weighted by Crippen LogP contribution is 2.29. The van der Waals surface area contributed by atoms with Crippen molar-refractivity contribution in [3.8, 4) is 11.5 Å². The number of halogens is 1. The van der Waals surface area contributed by atoms with Gasteiger partial charge in [0.25, 0.3) is 0 Å². The third kappa shape index (κ3) is 5.25. The van der Waals surface area contributed by atoms with Gasteiger partial charge in [-0.1, -0.05) is 13.8 Å². The summed E-state index contributed by atoms with van der Waals surface area (Å²) in [4.78, 5) is 0. The molecule has 1 atom stereocenters. The van der Waals surface area contributed by atoms with Crippen LogP contribution in [-0.2, 0) is 0 Å². The topological polar surface area (TPSA) is 50.7 Å². The molecule has 0 saturated carbocycles. The zero-order valence-corrected chi connectivity index (χ0v) is 12.5. The molecule has 0 aliphatic rings. The van der Waals surface area contributed by atoms with Crippen LogP contribution >= 0.6 is 15.9 Å². The van der Waals surface area contributed by atoms with Gasteiger partial charge in [-0.25, -0.2) is 0 Å². The Hall–Kier alpha value is -0.780. The lowest BCUT2D eigenvalue weighted by molar-refractivity contribution is 0.104. The van der Waals surface area contributed by atoms with Gasteiger partial charge in [-0.3, -0.25) is 0 Å². The third-order valence-electron chi connectivity index (χ3n) is 2.33. The summed E-state index contributed by atoms with van der Waals surface area (Å²) < 4.78 is 11.4. The summed E-state index contributed by atoms with van der Waals surface area (Å²) in [6.07, 6.45) is -0.526. The number of nitrogens with one attached hydrogen (secondary N) is 1. The number of hydrogen-bond acceptors (Lipinski definition) is 4. The van der Waals surface area contributed by atoms with Crippen LogP contribution in [0.15, 0.2) is 22.7 Å². The highest BCUT2D eigenvalue weighted by Gasteiger charge is 2.08. The average molecular weight is 318 g/mol. The van der Waals surface area contributed by atoms with E-state index in [0.29, 0.717) is 18.3 Å². The Morgan fingerprint density at radius 2 is 2.11 bits per heavy atom. The predicted octanol–water partition coefficient (Wildman–Crippen LogP) is 2.20. The summed E-state index contributed by atoms with van der Waals surface area (Å²) >= 11 is 3.40. The Bertz CT molecular complexity index is 371. The molecule has 102 valence electrons. The Kier molecular flexibility index (Phi) is 6.46. The first-order valence-corrected chi connectivity index (χ1v) is 6.70. The maximum atomic E-state index is 9.72. The van der Waals surface area contributed by atoms with E-state index >= 15 is 0 Å². The van der Waals surface area contributed by atoms with Crippen molar-refractivity contribution in [2.75, 3.05) is 20.3 Å². The van der Waals surface area contributed by atoms with E-state index in [1.54, 1.807) is 7.11 Å². The van der Waals surface area contributed by atoms with Crippen LogP contribution in [-0.4, -0.2) is 37.5 Å². The molecular weight excluding hydrogens is 298 g/mol. The maximum Gasteiger partial charge on any atom is 0.133 e. The molecule has 0 heterocycles. The lowest BCUT2D eigenvalue weighted by atomic mass is 10.3. The fraction of sp³-hybridized carbons (Fsp3) is 0.538. The minimum atomic E-state index is -0.526. The predicted molar refractivity (Wildman–Crippen MR) is 75.3 cm³/mol. The summed E-state index contributed by atoms with van der Waals surface area (Å²) in [5, 5.41) is 12.9. The fourth-order valence-electron chi connectivity index (χ4n) is 1.34. The molecule has 0 spiro atoms. The molecule has 2 N–H and O–H groups in total. The van der Waals surface area contributed by atoms with Crippen molar-refractivity contribution in [2.24, 2.45) is 0 Å². The van der Waals surface area contributed by atoms with E-state index in [0.717, 1.165) is 10.2 Å². The van der Waals surface area contributed by atoms with Gasteiger partial charge in [-0.2, -0.15) is 0 Å². The molecule has 0 aliphatic heterocycles. The van der Waals surface area contributed by atoms with Gasteiger partial charge in [-0.05, 0) is 34.1 Å². The lowest BCUT2D eigenvalue weighted by Crippen LogP contribution is -2.35. The number of aliphatic hydroxyl groups is 1. The summed E-state index contributed by atoms with van der Waals surface area (Å²) in [5.74, 6) is 1.45. The van der Waals surface area contributed by atoms with Crippen molar-refractivity contribution in [3.63, 3.8) is 0 Å². The Labute approximate surface area is 116 Å². The third-order valence-corrected chi connectivity index (χ3v) is 2.95. The molecule has 4 nitrogen and oxygen atoms in total. The van der Waals surface area contributed by atoms with E-state index in [9.17, 15) is 5.11 Å². The first-order chi connectivity index (χ1) is 8.52. The number of benzene rings is 1. The van der Waals surface area contributed by atoms with Crippen molar-refractivity contribution in [3.05, 3.63) is 22.7 Å². The maximum absolute atomic E-state index is 9.72. The van der Waals surface area contributed by atoms with E-state index in [2.05, 4.69) is 21.2 Å². The fourth-order valence-corrected chi connectivity index (χ4v) is 1.81. The van der Waals surface area contributed by atoms with E-state index in [1.807, 2.05) is 32.0 Å². The molecule has 0 radical (unpaired) electrons. The van der Waals surface area contributed by atoms with Gasteiger partial charge >= 0.3 is 0 Å². The normalized spacial score (nSPS) is 12.6. The average Bonchev–Trinajstić information content (AvgIpc) is 2.34. The van der Waals surface area contributed by atoms with Crippen molar-refractivity contribution < 1.29 is 14.6 Å². The number of hydrogen-bond donors (Lipinski definition) is 2. The number of ether oxygens (including phenoxy) is 2. The largest absolute Gasteiger partial charge is 0.497 e. The quantitative estimate of drug-likeness (QED) is 0.809. The SMILES string of the molecule is COc1ccc(OCC(O)CNC(C)C)c(Br)c1. The van der Waals surface area contributed by atoms with Crippen molar-refractivity contribution in [1.29, 1.82) is 0 Å². The van der Waals surface area contributed by atoms with Gasteiger partial charge in [0.2, 0.25) is 0 Å². The summed E-state index contributed by atoms with van der Waals surface area (Å²) in [5.41, 5.74) is 0. The Morgan fingerprint density at radius 1 is 1.39 bits per heavy atom. The van der Waals surface area contributed by atoms with Gasteiger partial charge in [0.05, 0.1) is 11.6 Å². The van der Waals surface area contributed by atoms with Gasteiger partial charge in [-0.15, -0.1) is 0 Å². The molecular formula is C13H20BrNO3. The highest BCUT2D eigenvalue weighted by molar-refractivity contribution is 9.10. The number of methoxy groups -OCH3 is 1. The van der Waals surface area contributed by atoms with Crippen LogP contribution in [0.25, 0.3) is 0 Å². The zero-order valence-electron chi connectivity index (χ0n) is 10.9. The molecule has 1 rings (SSSR count). The van der Waals surface area contributed by atoms with Gasteiger partial charge in [0.15, 0.2) is 0 Å². The van der Waals surface area contributed by atoms with Gasteiger partial charge < -0.3 is 19.9 Å². The molecule has 0 aliphatic carbocycles. The van der Waals surface area contributed by atoms with E-state index in [4.69, 9.17) is 9.47 Å². The Morgan fingerprint density at radius 3 is 2.67 bits per heavy atom. The number of aliphatic hydroxyl groups excluding tert-OH is 1. The summed E-state index contributed by atoms with van der Waals surface area (Å²) in [7, 11) is 1.61. The van der Waals surface area contributed by atoms with Crippen molar-refractivity contribution >= 4 is 15.9 Å². The second-order valence-corrected chi connectivity index (χ2v) is 5.18. The van der Waals surface area contributed by atoms with Crippen LogP contribution < -0.4 is 14.8 Å². The second-order valence-electron chi connectivity index (χ2n) is 4.32. The van der Waals surface area contributed by atoms with Gasteiger partial charge in [0.1, 0.15) is 24.2 Å². The molecule has 5 heteroatoms. The molecule has 1 aromatic carbocycles. The van der Waals surface area contributed by atoms with Crippen LogP contribution in [0.1, 0.15) is 13.8 Å². The molecule has 0 saturated heterocycles. The summed E-state index contributed by atoms with van der Waals surface area (Å²) in [6, 6.07) is 5.81. The first-order valence-electron chi connectivity index (χ1n) is 5.90. The van der Waals surface area contributed by atoms with Crippen LogP contribution in [0.4, 0.5) is 0 Å². The summed E-state index contributed by atoms with van der Waals surface area (Å²) in [6.45, 7) is 4.84. The molecule has 1 unspecified atom stereocenters. The van der Waals surface area contributed by atoms with Crippen LogP contribution in [0.2, 0.25) is 0 Å². The van der Waals surface area contributed by atoms with Crippen molar-refractivity contribution in [1.82, 2.24) is 5.32 Å². The molecule has 0 aromatic heterocycles. The van der Waals surface area contributed by atoms with E-state index in [1.165, 1.54) is 0 Å². The molecule has 1 aromatic rings. The first kappa shape index (κ1) is 15.3. The molecule has 0 bridgehead atoms. The smallest absolute Gasteiger partial charge is 0.133 e. The van der Waals surface area contributed by atoms with Crippen molar-refractivity contribution in [2.45, 2.75) is 26.0 Å². The monoisotopic (exact) mass is 317 g/mol. The second kappa shape index (κ2) is 7.61. The molecule has 0 amide bonds. The van der Waals surface area contributed by atoms with Crippen LogP contribution in [0, 0.1) is 0 Å². The van der Waals surface area contributed by atoms with E-state index < -0.39 is 6.10 Å². The minimum absolute atomic E-state index is 0.255. The van der Waals surface area contributed by atoms with E-state index in [-0.39, 0.29) is 6.61 Å². The van der Waals surface area contributed by atoms with Crippen LogP contribution in [0.5, 0.6) is 11.5 Å². The van der Waals surface area contributed by atoms with Crippen LogP contribution in [0.3, 0.4) is 0 Å². The lowest BCUT2D eigenvalue weighted by Gasteiger charge is -2.15. The molecule has 0 fully saturated rings. The highest BCUT2D eigenvalue weighted by atomic mass is 79.9. The molecule has 18 heavy (non-hydrogen) atoms. The van der Waals surface area contributed by atoms with Gasteiger partial charge in [0, 0.05) is 12.6 Å². The number of rotatable bonds is 7. The zero-order chi connectivity index (χ0) is 13.5. The standard InChI is InChI=1S/C13H20BrNO3/c1-9(2)15-7-10(16)8-18-13-5-4-11(17-3)6-12(13)14/h4-6,9-10,15-16H,7-8H2,1-3H3. The minimum Gasteiger partial charge on any atom is -0.497 e.